The number of nitrogens with one attached hydrogen (secondary N) is 1. The zero-order valence-corrected chi connectivity index (χ0v) is 14.7. The molecule has 0 spiro atoms. The fourth-order valence-electron chi connectivity index (χ4n) is 3.25. The number of imidazole rings is 1. The van der Waals surface area contributed by atoms with E-state index in [4.69, 9.17) is 0 Å². The molecule has 4 rings (SSSR count). The fraction of sp³-hybridized carbons (Fsp3) is 0.389. The van der Waals surface area contributed by atoms with Crippen molar-refractivity contribution in [2.24, 2.45) is 7.05 Å². The summed E-state index contributed by atoms with van der Waals surface area (Å²) in [5.41, 5.74) is 1.85. The lowest BCUT2D eigenvalue weighted by atomic mass is 9.95. The maximum atomic E-state index is 12.8. The Balaban J connectivity index is 1.68. The number of rotatable bonds is 4. The average Bonchev–Trinajstić information content (AvgIpc) is 3.34. The summed E-state index contributed by atoms with van der Waals surface area (Å²) in [6.45, 7) is 0. The molecule has 0 saturated heterocycles. The van der Waals surface area contributed by atoms with Crippen LogP contribution in [0.15, 0.2) is 37.2 Å². The molecule has 0 aliphatic heterocycles. The average molecular weight is 351 g/mol. The number of aryl methyl sites for hydroxylation is 1. The van der Waals surface area contributed by atoms with Crippen molar-refractivity contribution in [1.29, 1.82) is 0 Å². The number of aromatic nitrogens is 6. The molecule has 26 heavy (non-hydrogen) atoms. The normalized spacial score (nSPS) is 15.1. The molecule has 134 valence electrons. The fourth-order valence-corrected chi connectivity index (χ4v) is 3.25. The molecule has 8 heteroatoms. The number of nitrogens with zero attached hydrogens (tertiary/aromatic N) is 6. The summed E-state index contributed by atoms with van der Waals surface area (Å²) in [5.74, 6) is 0.253. The first kappa shape index (κ1) is 16.4. The molecule has 0 aromatic carbocycles. The lowest BCUT2D eigenvalue weighted by Gasteiger charge is -2.22. The molecule has 0 radical (unpaired) electrons. The third kappa shape index (κ3) is 3.49. The predicted molar refractivity (Wildman–Crippen MR) is 95.7 cm³/mol. The smallest absolute Gasteiger partial charge is 0.270 e. The molecule has 3 aromatic heterocycles. The highest BCUT2D eigenvalue weighted by Crippen LogP contribution is 2.20. The summed E-state index contributed by atoms with van der Waals surface area (Å²) in [6, 6.07) is 1.94. The molecule has 1 aliphatic carbocycles. The summed E-state index contributed by atoms with van der Waals surface area (Å²) in [6.07, 6.45) is 14.2. The molecule has 1 aliphatic rings. The van der Waals surface area contributed by atoms with Crippen LogP contribution in [0.4, 0.5) is 0 Å². The highest BCUT2D eigenvalue weighted by atomic mass is 16.1. The minimum absolute atomic E-state index is 0.161. The Morgan fingerprint density at radius 1 is 1.23 bits per heavy atom. The van der Waals surface area contributed by atoms with Crippen LogP contribution in [0.3, 0.4) is 0 Å². The van der Waals surface area contributed by atoms with Crippen LogP contribution in [0.1, 0.15) is 42.6 Å². The van der Waals surface area contributed by atoms with Crippen molar-refractivity contribution in [3.05, 3.63) is 42.9 Å². The molecule has 0 bridgehead atoms. The van der Waals surface area contributed by atoms with Gasteiger partial charge in [-0.15, -0.1) is 0 Å². The standard InChI is InChI=1S/C18H21N7O/c1-24-11-13(10-20-24)15-9-16(17(26)21-14-5-3-2-4-6-14)23-18(22-15)25-8-7-19-12-25/h7-12,14H,2-6H2,1H3,(H,21,26). The van der Waals surface area contributed by atoms with Crippen LogP contribution in [0.2, 0.25) is 0 Å². The van der Waals surface area contributed by atoms with Gasteiger partial charge in [-0.3, -0.25) is 14.0 Å². The molecule has 1 amide bonds. The van der Waals surface area contributed by atoms with Gasteiger partial charge in [0.05, 0.1) is 11.9 Å². The summed E-state index contributed by atoms with van der Waals surface area (Å²) >= 11 is 0. The SMILES string of the molecule is Cn1cc(-c2cc(C(=O)NC3CCCCC3)nc(-n3ccnc3)n2)cn1. The minimum Gasteiger partial charge on any atom is -0.348 e. The molecular weight excluding hydrogens is 330 g/mol. The Labute approximate surface area is 151 Å². The largest absolute Gasteiger partial charge is 0.348 e. The first-order valence-electron chi connectivity index (χ1n) is 8.86. The van der Waals surface area contributed by atoms with E-state index < -0.39 is 0 Å². The van der Waals surface area contributed by atoms with Gasteiger partial charge < -0.3 is 5.32 Å². The van der Waals surface area contributed by atoms with Crippen molar-refractivity contribution < 1.29 is 4.79 Å². The van der Waals surface area contributed by atoms with Gasteiger partial charge in [-0.2, -0.15) is 5.10 Å². The second-order valence-electron chi connectivity index (χ2n) is 6.62. The lowest BCUT2D eigenvalue weighted by molar-refractivity contribution is 0.0922. The molecule has 0 atom stereocenters. The van der Waals surface area contributed by atoms with Gasteiger partial charge in [-0.25, -0.2) is 15.0 Å². The Morgan fingerprint density at radius 2 is 2.08 bits per heavy atom. The Bertz CT molecular complexity index is 894. The quantitative estimate of drug-likeness (QED) is 0.777. The van der Waals surface area contributed by atoms with Crippen LogP contribution < -0.4 is 5.32 Å². The minimum atomic E-state index is -0.161. The number of hydrogen-bond donors (Lipinski definition) is 1. The second kappa shape index (κ2) is 7.07. The Hall–Kier alpha value is -3.03. The van der Waals surface area contributed by atoms with Gasteiger partial charge in [-0.05, 0) is 18.9 Å². The number of carbonyl (C=O) groups is 1. The number of hydrogen-bond acceptors (Lipinski definition) is 5. The van der Waals surface area contributed by atoms with Gasteiger partial charge in [0.15, 0.2) is 0 Å². The van der Waals surface area contributed by atoms with Crippen LogP contribution >= 0.6 is 0 Å². The molecule has 8 nitrogen and oxygen atoms in total. The van der Waals surface area contributed by atoms with Crippen LogP contribution in [0.5, 0.6) is 0 Å². The third-order valence-corrected chi connectivity index (χ3v) is 4.62. The van der Waals surface area contributed by atoms with Gasteiger partial charge in [0.2, 0.25) is 5.95 Å². The maximum absolute atomic E-state index is 12.8. The van der Waals surface area contributed by atoms with Crippen molar-refractivity contribution >= 4 is 5.91 Å². The van der Waals surface area contributed by atoms with Crippen LogP contribution in [0, 0.1) is 0 Å². The van der Waals surface area contributed by atoms with E-state index in [2.05, 4.69) is 25.4 Å². The van der Waals surface area contributed by atoms with Gasteiger partial charge >= 0.3 is 0 Å². The first-order valence-corrected chi connectivity index (χ1v) is 8.86. The summed E-state index contributed by atoms with van der Waals surface area (Å²) in [4.78, 5) is 25.8. The monoisotopic (exact) mass is 351 g/mol. The van der Waals surface area contributed by atoms with Gasteiger partial charge in [0, 0.05) is 37.2 Å². The number of carbonyl (C=O) groups excluding carboxylic acids is 1. The highest BCUT2D eigenvalue weighted by molar-refractivity contribution is 5.93. The summed E-state index contributed by atoms with van der Waals surface area (Å²) in [5, 5.41) is 7.31. The lowest BCUT2D eigenvalue weighted by Crippen LogP contribution is -2.36. The van der Waals surface area contributed by atoms with E-state index in [0.29, 0.717) is 17.3 Å². The van der Waals surface area contributed by atoms with Crippen LogP contribution in [-0.4, -0.2) is 41.2 Å². The Kier molecular flexibility index (Phi) is 4.47. The maximum Gasteiger partial charge on any atom is 0.270 e. The predicted octanol–water partition coefficient (Wildman–Crippen LogP) is 2.13. The van der Waals surface area contributed by atoms with Crippen molar-refractivity contribution in [3.8, 4) is 17.2 Å². The molecule has 3 aromatic rings. The van der Waals surface area contributed by atoms with E-state index in [9.17, 15) is 4.79 Å². The zero-order valence-electron chi connectivity index (χ0n) is 14.7. The van der Waals surface area contributed by atoms with Gasteiger partial charge in [-0.1, -0.05) is 19.3 Å². The van der Waals surface area contributed by atoms with Crippen LogP contribution in [0.25, 0.3) is 17.2 Å². The number of amides is 1. The molecule has 1 saturated carbocycles. The third-order valence-electron chi connectivity index (χ3n) is 4.62. The van der Waals surface area contributed by atoms with Crippen molar-refractivity contribution in [2.45, 2.75) is 38.1 Å². The van der Waals surface area contributed by atoms with Crippen LogP contribution in [-0.2, 0) is 7.05 Å². The molecule has 1 N–H and O–H groups in total. The van der Waals surface area contributed by atoms with E-state index in [1.165, 1.54) is 6.42 Å². The summed E-state index contributed by atoms with van der Waals surface area (Å²) < 4.78 is 3.40. The van der Waals surface area contributed by atoms with Crippen molar-refractivity contribution in [2.75, 3.05) is 0 Å². The molecule has 3 heterocycles. The van der Waals surface area contributed by atoms with E-state index >= 15 is 0 Å². The molecule has 1 fully saturated rings. The van der Waals surface area contributed by atoms with Crippen molar-refractivity contribution in [3.63, 3.8) is 0 Å². The van der Waals surface area contributed by atoms with Gasteiger partial charge in [0.25, 0.3) is 5.91 Å². The summed E-state index contributed by atoms with van der Waals surface area (Å²) in [7, 11) is 1.85. The van der Waals surface area contributed by atoms with E-state index in [1.54, 1.807) is 40.2 Å². The first-order chi connectivity index (χ1) is 12.7. The second-order valence-corrected chi connectivity index (χ2v) is 6.62. The topological polar surface area (TPSA) is 90.5 Å². The van der Waals surface area contributed by atoms with E-state index in [1.807, 2.05) is 13.2 Å². The molecule has 0 unspecified atom stereocenters. The Morgan fingerprint density at radius 3 is 2.77 bits per heavy atom. The van der Waals surface area contributed by atoms with E-state index in [0.717, 1.165) is 31.2 Å². The zero-order chi connectivity index (χ0) is 17.9. The highest BCUT2D eigenvalue weighted by Gasteiger charge is 2.19. The van der Waals surface area contributed by atoms with Gasteiger partial charge in [0.1, 0.15) is 12.0 Å². The van der Waals surface area contributed by atoms with E-state index in [-0.39, 0.29) is 11.9 Å². The molecular formula is C18H21N7O. The van der Waals surface area contributed by atoms with Crippen molar-refractivity contribution in [1.82, 2.24) is 34.6 Å².